The van der Waals surface area contributed by atoms with Gasteiger partial charge >= 0.3 is 0 Å². The number of halogens is 1. The van der Waals surface area contributed by atoms with Crippen LogP contribution in [0.3, 0.4) is 0 Å². The SMILES string of the molecule is CCOCCN(CC)CCC(=O)c1cccc(F)c1. The Morgan fingerprint density at radius 1 is 1.32 bits per heavy atom. The largest absolute Gasteiger partial charge is 0.380 e. The molecule has 0 bridgehead atoms. The van der Waals surface area contributed by atoms with Crippen molar-refractivity contribution in [2.45, 2.75) is 20.3 Å². The van der Waals surface area contributed by atoms with E-state index in [4.69, 9.17) is 4.74 Å². The Balaban J connectivity index is 2.39. The fourth-order valence-corrected chi connectivity index (χ4v) is 1.83. The van der Waals surface area contributed by atoms with Gasteiger partial charge in [0.15, 0.2) is 5.78 Å². The molecule has 0 atom stereocenters. The number of carbonyl (C=O) groups excluding carboxylic acids is 1. The van der Waals surface area contributed by atoms with Crippen molar-refractivity contribution in [2.75, 3.05) is 32.8 Å². The van der Waals surface area contributed by atoms with E-state index in [0.29, 0.717) is 31.7 Å². The van der Waals surface area contributed by atoms with Gasteiger partial charge in [0, 0.05) is 31.7 Å². The number of ether oxygens (including phenoxy) is 1. The summed E-state index contributed by atoms with van der Waals surface area (Å²) in [5, 5.41) is 0. The molecule has 0 N–H and O–H groups in total. The Hall–Kier alpha value is -1.26. The predicted molar refractivity (Wildman–Crippen MR) is 74.0 cm³/mol. The maximum atomic E-state index is 13.0. The topological polar surface area (TPSA) is 29.5 Å². The molecule has 0 aromatic heterocycles. The van der Waals surface area contributed by atoms with Crippen LogP contribution in [-0.4, -0.2) is 43.5 Å². The van der Waals surface area contributed by atoms with Crippen LogP contribution in [0.1, 0.15) is 30.6 Å². The lowest BCUT2D eigenvalue weighted by Crippen LogP contribution is -2.29. The molecule has 0 aliphatic heterocycles. The molecule has 0 unspecified atom stereocenters. The molecule has 1 aromatic rings. The quantitative estimate of drug-likeness (QED) is 0.509. The summed E-state index contributed by atoms with van der Waals surface area (Å²) in [6.45, 7) is 7.78. The van der Waals surface area contributed by atoms with Gasteiger partial charge in [-0.25, -0.2) is 4.39 Å². The van der Waals surface area contributed by atoms with Gasteiger partial charge in [-0.2, -0.15) is 0 Å². The molecule has 0 radical (unpaired) electrons. The van der Waals surface area contributed by atoms with Gasteiger partial charge < -0.3 is 9.64 Å². The number of rotatable bonds is 9. The molecular weight excluding hydrogens is 245 g/mol. The van der Waals surface area contributed by atoms with Crippen molar-refractivity contribution in [1.82, 2.24) is 4.90 Å². The van der Waals surface area contributed by atoms with Gasteiger partial charge in [-0.15, -0.1) is 0 Å². The third-order valence-electron chi connectivity index (χ3n) is 3.00. The van der Waals surface area contributed by atoms with Crippen LogP contribution in [-0.2, 0) is 4.74 Å². The highest BCUT2D eigenvalue weighted by Gasteiger charge is 2.09. The third kappa shape index (κ3) is 5.94. The zero-order chi connectivity index (χ0) is 14.1. The molecule has 1 rings (SSSR count). The second-order valence-corrected chi connectivity index (χ2v) is 4.31. The summed E-state index contributed by atoms with van der Waals surface area (Å²) in [7, 11) is 0. The van der Waals surface area contributed by atoms with Crippen molar-refractivity contribution in [2.24, 2.45) is 0 Å². The maximum absolute atomic E-state index is 13.0. The van der Waals surface area contributed by atoms with Crippen LogP contribution >= 0.6 is 0 Å². The van der Waals surface area contributed by atoms with Crippen LogP contribution in [0.15, 0.2) is 24.3 Å². The highest BCUT2D eigenvalue weighted by molar-refractivity contribution is 5.96. The van der Waals surface area contributed by atoms with E-state index in [1.807, 2.05) is 6.92 Å². The number of likely N-dealkylation sites (N-methyl/N-ethyl adjacent to an activating group) is 1. The summed E-state index contributed by atoms with van der Waals surface area (Å²) in [5.41, 5.74) is 0.445. The monoisotopic (exact) mass is 267 g/mol. The van der Waals surface area contributed by atoms with E-state index in [0.717, 1.165) is 13.1 Å². The van der Waals surface area contributed by atoms with Crippen molar-refractivity contribution >= 4 is 5.78 Å². The van der Waals surface area contributed by atoms with Gasteiger partial charge in [0.2, 0.25) is 0 Å². The molecule has 106 valence electrons. The smallest absolute Gasteiger partial charge is 0.164 e. The van der Waals surface area contributed by atoms with E-state index in [2.05, 4.69) is 11.8 Å². The zero-order valence-corrected chi connectivity index (χ0v) is 11.7. The van der Waals surface area contributed by atoms with E-state index in [1.165, 1.54) is 12.1 Å². The van der Waals surface area contributed by atoms with Gasteiger partial charge in [0.05, 0.1) is 6.61 Å². The normalized spacial score (nSPS) is 10.9. The minimum atomic E-state index is -0.366. The second kappa shape index (κ2) is 8.77. The fourth-order valence-electron chi connectivity index (χ4n) is 1.83. The fraction of sp³-hybridized carbons (Fsp3) is 0.533. The molecule has 0 saturated heterocycles. The summed E-state index contributed by atoms with van der Waals surface area (Å²) in [4.78, 5) is 14.1. The molecule has 0 saturated carbocycles. The number of hydrogen-bond donors (Lipinski definition) is 0. The first-order valence-electron chi connectivity index (χ1n) is 6.76. The first kappa shape index (κ1) is 15.8. The van der Waals surface area contributed by atoms with Crippen LogP contribution in [0, 0.1) is 5.82 Å². The molecular formula is C15H22FNO2. The van der Waals surface area contributed by atoms with E-state index < -0.39 is 0 Å². The first-order chi connectivity index (χ1) is 9.17. The molecule has 0 fully saturated rings. The van der Waals surface area contributed by atoms with E-state index in [1.54, 1.807) is 12.1 Å². The van der Waals surface area contributed by atoms with Gasteiger partial charge in [0.1, 0.15) is 5.82 Å². The average molecular weight is 267 g/mol. The standard InChI is InChI=1S/C15H22FNO2/c1-3-17(10-11-19-4-2)9-8-15(18)13-6-5-7-14(16)12-13/h5-7,12H,3-4,8-11H2,1-2H3. The lowest BCUT2D eigenvalue weighted by molar-refractivity contribution is 0.0929. The Labute approximate surface area is 114 Å². The zero-order valence-electron chi connectivity index (χ0n) is 11.7. The molecule has 0 aliphatic rings. The number of benzene rings is 1. The Kier molecular flexibility index (Phi) is 7.30. The van der Waals surface area contributed by atoms with Crippen LogP contribution in [0.5, 0.6) is 0 Å². The summed E-state index contributed by atoms with van der Waals surface area (Å²) < 4.78 is 18.3. The van der Waals surface area contributed by atoms with Gasteiger partial charge in [-0.1, -0.05) is 19.1 Å². The van der Waals surface area contributed by atoms with Crippen molar-refractivity contribution in [3.63, 3.8) is 0 Å². The van der Waals surface area contributed by atoms with Crippen molar-refractivity contribution in [3.05, 3.63) is 35.6 Å². The van der Waals surface area contributed by atoms with Crippen LogP contribution in [0.2, 0.25) is 0 Å². The molecule has 0 heterocycles. The Morgan fingerprint density at radius 2 is 2.11 bits per heavy atom. The lowest BCUT2D eigenvalue weighted by atomic mass is 10.1. The number of ketones is 1. The molecule has 19 heavy (non-hydrogen) atoms. The third-order valence-corrected chi connectivity index (χ3v) is 3.00. The highest BCUT2D eigenvalue weighted by Crippen LogP contribution is 2.07. The molecule has 1 aromatic carbocycles. The van der Waals surface area contributed by atoms with Crippen LogP contribution in [0.4, 0.5) is 4.39 Å². The van der Waals surface area contributed by atoms with Gasteiger partial charge in [-0.05, 0) is 25.6 Å². The summed E-state index contributed by atoms with van der Waals surface area (Å²) in [6.07, 6.45) is 0.406. The number of nitrogens with zero attached hydrogens (tertiary/aromatic N) is 1. The van der Waals surface area contributed by atoms with Gasteiger partial charge in [-0.3, -0.25) is 4.79 Å². The summed E-state index contributed by atoms with van der Waals surface area (Å²) >= 11 is 0. The summed E-state index contributed by atoms with van der Waals surface area (Å²) in [5.74, 6) is -0.385. The van der Waals surface area contributed by atoms with Crippen molar-refractivity contribution < 1.29 is 13.9 Å². The number of carbonyl (C=O) groups is 1. The van der Waals surface area contributed by atoms with Gasteiger partial charge in [0.25, 0.3) is 0 Å². The van der Waals surface area contributed by atoms with Crippen LogP contribution < -0.4 is 0 Å². The summed E-state index contributed by atoms with van der Waals surface area (Å²) in [6, 6.07) is 5.85. The highest BCUT2D eigenvalue weighted by atomic mass is 19.1. The molecule has 4 heteroatoms. The first-order valence-corrected chi connectivity index (χ1v) is 6.76. The Bertz CT molecular complexity index is 395. The number of Topliss-reactive ketones (excluding diaryl/α,β-unsaturated/α-hetero) is 1. The van der Waals surface area contributed by atoms with E-state index >= 15 is 0 Å². The minimum absolute atomic E-state index is 0.0191. The van der Waals surface area contributed by atoms with E-state index in [9.17, 15) is 9.18 Å². The van der Waals surface area contributed by atoms with E-state index in [-0.39, 0.29) is 11.6 Å². The predicted octanol–water partition coefficient (Wildman–Crippen LogP) is 2.76. The average Bonchev–Trinajstić information content (AvgIpc) is 2.42. The Morgan fingerprint density at radius 3 is 2.74 bits per heavy atom. The lowest BCUT2D eigenvalue weighted by Gasteiger charge is -2.19. The minimum Gasteiger partial charge on any atom is -0.380 e. The maximum Gasteiger partial charge on any atom is 0.164 e. The van der Waals surface area contributed by atoms with Crippen LogP contribution in [0.25, 0.3) is 0 Å². The molecule has 0 aliphatic carbocycles. The van der Waals surface area contributed by atoms with Crippen molar-refractivity contribution in [3.8, 4) is 0 Å². The molecule has 0 spiro atoms. The number of hydrogen-bond acceptors (Lipinski definition) is 3. The second-order valence-electron chi connectivity index (χ2n) is 4.31. The van der Waals surface area contributed by atoms with Crippen molar-refractivity contribution in [1.29, 1.82) is 0 Å². The molecule has 3 nitrogen and oxygen atoms in total. The molecule has 0 amide bonds.